The zero-order valence-corrected chi connectivity index (χ0v) is 20.3. The molecule has 1 aliphatic rings. The predicted molar refractivity (Wildman–Crippen MR) is 135 cm³/mol. The van der Waals surface area contributed by atoms with E-state index in [0.717, 1.165) is 46.7 Å². The molecular weight excluding hydrogens is 478 g/mol. The highest BCUT2D eigenvalue weighted by atomic mass is 35.5. The summed E-state index contributed by atoms with van der Waals surface area (Å²) in [5.74, 6) is -0.655. The number of carbonyl (C=O) groups is 2. The molecule has 0 fully saturated rings. The maximum Gasteiger partial charge on any atom is 0.341 e. The smallest absolute Gasteiger partial charge is 0.341 e. The molecule has 4 aromatic rings. The van der Waals surface area contributed by atoms with Crippen molar-refractivity contribution < 1.29 is 14.3 Å². The summed E-state index contributed by atoms with van der Waals surface area (Å²) >= 11 is 2.96. The molecule has 9 heteroatoms. The van der Waals surface area contributed by atoms with Crippen molar-refractivity contribution in [2.24, 2.45) is 0 Å². The van der Waals surface area contributed by atoms with Crippen molar-refractivity contribution in [1.82, 2.24) is 9.88 Å². The van der Waals surface area contributed by atoms with Gasteiger partial charge in [0, 0.05) is 30.1 Å². The molecule has 0 aliphatic carbocycles. The lowest BCUT2D eigenvalue weighted by atomic mass is 10.0. The Hall–Kier alpha value is -2.78. The number of benzene rings is 2. The first-order valence-electron chi connectivity index (χ1n) is 10.3. The summed E-state index contributed by atoms with van der Waals surface area (Å²) in [5, 5.41) is 3.52. The van der Waals surface area contributed by atoms with Crippen LogP contribution in [-0.4, -0.2) is 35.4 Å². The lowest BCUT2D eigenvalue weighted by molar-refractivity contribution is 0.0600. The number of anilines is 1. The molecule has 1 amide bonds. The number of thiazole rings is 1. The van der Waals surface area contributed by atoms with E-state index in [1.807, 2.05) is 30.3 Å². The molecule has 3 heterocycles. The van der Waals surface area contributed by atoms with Crippen LogP contribution in [0.15, 0.2) is 54.0 Å². The second kappa shape index (κ2) is 10.0. The van der Waals surface area contributed by atoms with E-state index < -0.39 is 5.97 Å². The van der Waals surface area contributed by atoms with Crippen LogP contribution in [-0.2, 0) is 24.2 Å². The number of rotatable bonds is 5. The van der Waals surface area contributed by atoms with Crippen LogP contribution in [0, 0.1) is 0 Å². The molecule has 170 valence electrons. The molecule has 0 radical (unpaired) electrons. The van der Waals surface area contributed by atoms with Crippen LogP contribution >= 0.6 is 35.1 Å². The second-order valence-electron chi connectivity index (χ2n) is 7.63. The SMILES string of the molecule is COC(=O)c1c(NC(=O)c2ccc3ncsc3c2)sc2c1CCN(Cc1ccccc1)C2.Cl. The highest BCUT2D eigenvalue weighted by molar-refractivity contribution is 7.17. The first-order chi connectivity index (χ1) is 15.6. The summed E-state index contributed by atoms with van der Waals surface area (Å²) in [4.78, 5) is 33.3. The van der Waals surface area contributed by atoms with Gasteiger partial charge in [-0.1, -0.05) is 30.3 Å². The minimum absolute atomic E-state index is 0. The average molecular weight is 500 g/mol. The van der Waals surface area contributed by atoms with Gasteiger partial charge in [0.05, 0.1) is 28.4 Å². The van der Waals surface area contributed by atoms with Gasteiger partial charge in [-0.25, -0.2) is 9.78 Å². The second-order valence-corrected chi connectivity index (χ2v) is 9.63. The average Bonchev–Trinajstić information content (AvgIpc) is 3.42. The largest absolute Gasteiger partial charge is 0.465 e. The van der Waals surface area contributed by atoms with Crippen molar-refractivity contribution in [2.75, 3.05) is 19.0 Å². The molecule has 5 rings (SSSR count). The molecule has 0 saturated carbocycles. The molecule has 0 unspecified atom stereocenters. The van der Waals surface area contributed by atoms with Crippen molar-refractivity contribution >= 4 is 62.2 Å². The van der Waals surface area contributed by atoms with E-state index in [9.17, 15) is 9.59 Å². The first kappa shape index (κ1) is 23.4. The number of fused-ring (bicyclic) bond motifs is 2. The quantitative estimate of drug-likeness (QED) is 0.373. The molecule has 1 aliphatic heterocycles. The fraction of sp³-hybridized carbons (Fsp3) is 0.208. The third-order valence-corrected chi connectivity index (χ3v) is 7.52. The highest BCUT2D eigenvalue weighted by Crippen LogP contribution is 2.38. The normalized spacial score (nSPS) is 13.2. The maximum atomic E-state index is 13.0. The Kier molecular flexibility index (Phi) is 7.09. The molecule has 2 aromatic carbocycles. The number of methoxy groups -OCH3 is 1. The molecule has 1 N–H and O–H groups in total. The van der Waals surface area contributed by atoms with Crippen LogP contribution in [0.5, 0.6) is 0 Å². The molecular formula is C24H22ClN3O3S2. The van der Waals surface area contributed by atoms with E-state index in [4.69, 9.17) is 4.74 Å². The van der Waals surface area contributed by atoms with Crippen molar-refractivity contribution in [2.45, 2.75) is 19.5 Å². The van der Waals surface area contributed by atoms with E-state index in [1.165, 1.54) is 35.3 Å². The number of esters is 1. The van der Waals surface area contributed by atoms with Gasteiger partial charge in [-0.05, 0) is 35.7 Å². The summed E-state index contributed by atoms with van der Waals surface area (Å²) in [6, 6.07) is 15.8. The lowest BCUT2D eigenvalue weighted by Gasteiger charge is -2.27. The number of hydrogen-bond donors (Lipinski definition) is 1. The number of ether oxygens (including phenoxy) is 1. The topological polar surface area (TPSA) is 71.5 Å². The standard InChI is InChI=1S/C24H21N3O3S2.ClH/c1-30-24(29)21-17-9-10-27(12-15-5-3-2-4-6-15)13-20(17)32-23(21)26-22(28)16-7-8-18-19(11-16)31-14-25-18;/h2-8,11,14H,9-10,12-13H2,1H3,(H,26,28);1H. The van der Waals surface area contributed by atoms with E-state index >= 15 is 0 Å². The Labute approximate surface area is 205 Å². The number of nitrogens with zero attached hydrogens (tertiary/aromatic N) is 2. The van der Waals surface area contributed by atoms with Crippen molar-refractivity contribution in [3.8, 4) is 0 Å². The predicted octanol–water partition coefficient (Wildman–Crippen LogP) is 5.38. The molecule has 6 nitrogen and oxygen atoms in total. The summed E-state index contributed by atoms with van der Waals surface area (Å²) in [5.41, 5.74) is 5.89. The maximum absolute atomic E-state index is 13.0. The van der Waals surface area contributed by atoms with Gasteiger partial charge in [-0.3, -0.25) is 9.69 Å². The fourth-order valence-corrected chi connectivity index (χ4v) is 6.00. The van der Waals surface area contributed by atoms with Gasteiger partial charge in [0.2, 0.25) is 0 Å². The van der Waals surface area contributed by atoms with Gasteiger partial charge in [0.25, 0.3) is 5.91 Å². The molecule has 0 spiro atoms. The number of amides is 1. The van der Waals surface area contributed by atoms with Crippen molar-refractivity contribution in [3.05, 3.63) is 81.2 Å². The van der Waals surface area contributed by atoms with Crippen LogP contribution in [0.4, 0.5) is 5.00 Å². The first-order valence-corrected chi connectivity index (χ1v) is 12.0. The van der Waals surface area contributed by atoms with E-state index in [2.05, 4.69) is 27.3 Å². The Balaban J connectivity index is 0.00000259. The Bertz CT molecular complexity index is 1300. The Morgan fingerprint density at radius 1 is 1.18 bits per heavy atom. The van der Waals surface area contributed by atoms with Gasteiger partial charge in [-0.15, -0.1) is 35.1 Å². The summed E-state index contributed by atoms with van der Waals surface area (Å²) in [7, 11) is 1.38. The minimum Gasteiger partial charge on any atom is -0.465 e. The molecule has 0 bridgehead atoms. The third-order valence-electron chi connectivity index (χ3n) is 5.59. The summed E-state index contributed by atoms with van der Waals surface area (Å²) in [6.07, 6.45) is 0.742. The van der Waals surface area contributed by atoms with Gasteiger partial charge in [0.15, 0.2) is 0 Å². The molecule has 0 saturated heterocycles. The Morgan fingerprint density at radius 3 is 2.79 bits per heavy atom. The fourth-order valence-electron chi connectivity index (χ4n) is 4.01. The van der Waals surface area contributed by atoms with Crippen LogP contribution < -0.4 is 5.32 Å². The number of hydrogen-bond acceptors (Lipinski definition) is 7. The van der Waals surface area contributed by atoms with Crippen molar-refractivity contribution in [1.29, 1.82) is 0 Å². The lowest BCUT2D eigenvalue weighted by Crippen LogP contribution is -2.29. The summed E-state index contributed by atoms with van der Waals surface area (Å²) < 4.78 is 6.01. The zero-order chi connectivity index (χ0) is 22.1. The van der Waals surface area contributed by atoms with Crippen LogP contribution in [0.3, 0.4) is 0 Å². The van der Waals surface area contributed by atoms with Crippen LogP contribution in [0.1, 0.15) is 36.7 Å². The van der Waals surface area contributed by atoms with Crippen LogP contribution in [0.25, 0.3) is 10.2 Å². The minimum atomic E-state index is -0.410. The van der Waals surface area contributed by atoms with Gasteiger partial charge in [0.1, 0.15) is 5.00 Å². The molecule has 0 atom stereocenters. The van der Waals surface area contributed by atoms with E-state index in [0.29, 0.717) is 16.1 Å². The van der Waals surface area contributed by atoms with Gasteiger partial charge in [-0.2, -0.15) is 0 Å². The van der Waals surface area contributed by atoms with E-state index in [-0.39, 0.29) is 18.3 Å². The third kappa shape index (κ3) is 4.79. The number of halogens is 1. The highest BCUT2D eigenvalue weighted by Gasteiger charge is 2.29. The number of thiophene rings is 1. The monoisotopic (exact) mass is 499 g/mol. The van der Waals surface area contributed by atoms with Crippen molar-refractivity contribution in [3.63, 3.8) is 0 Å². The number of carbonyl (C=O) groups excluding carboxylic acids is 2. The number of nitrogens with one attached hydrogen (secondary N) is 1. The van der Waals surface area contributed by atoms with E-state index in [1.54, 1.807) is 11.6 Å². The molecule has 33 heavy (non-hydrogen) atoms. The van der Waals surface area contributed by atoms with Crippen LogP contribution in [0.2, 0.25) is 0 Å². The summed E-state index contributed by atoms with van der Waals surface area (Å²) in [6.45, 7) is 2.43. The zero-order valence-electron chi connectivity index (χ0n) is 17.9. The van der Waals surface area contributed by atoms with Gasteiger partial charge >= 0.3 is 5.97 Å². The number of aromatic nitrogens is 1. The molecule has 2 aromatic heterocycles. The van der Waals surface area contributed by atoms with Gasteiger partial charge < -0.3 is 10.1 Å². The Morgan fingerprint density at radius 2 is 2.00 bits per heavy atom.